The molecule has 0 amide bonds. The fourth-order valence-electron chi connectivity index (χ4n) is 3.53. The van der Waals surface area contributed by atoms with Crippen LogP contribution in [0.15, 0.2) is 31.0 Å². The minimum absolute atomic E-state index is 0.440. The minimum atomic E-state index is 0.440. The van der Waals surface area contributed by atoms with Crippen molar-refractivity contribution in [3.8, 4) is 0 Å². The molecule has 0 spiro atoms. The Morgan fingerprint density at radius 3 is 2.68 bits per heavy atom. The van der Waals surface area contributed by atoms with E-state index in [0.29, 0.717) is 12.1 Å². The lowest BCUT2D eigenvalue weighted by atomic mass is 9.87. The monoisotopic (exact) mass is 294 g/mol. The van der Waals surface area contributed by atoms with E-state index < -0.39 is 0 Å². The summed E-state index contributed by atoms with van der Waals surface area (Å²) >= 11 is 0. The Kier molecular flexibility index (Phi) is 2.35. The summed E-state index contributed by atoms with van der Waals surface area (Å²) in [4.78, 5) is 22.0. The van der Waals surface area contributed by atoms with E-state index in [9.17, 15) is 0 Å². The number of fused-ring (bicyclic) bond motifs is 3. The maximum atomic E-state index is 4.49. The Labute approximate surface area is 126 Å². The summed E-state index contributed by atoms with van der Waals surface area (Å²) in [6.07, 6.45) is 8.17. The molecular formula is C14H14N8. The van der Waals surface area contributed by atoms with Gasteiger partial charge in [0, 0.05) is 25.5 Å². The zero-order valence-corrected chi connectivity index (χ0v) is 11.8. The van der Waals surface area contributed by atoms with Crippen molar-refractivity contribution in [2.75, 3.05) is 22.9 Å². The van der Waals surface area contributed by atoms with Crippen LogP contribution in [0.2, 0.25) is 0 Å². The van der Waals surface area contributed by atoms with E-state index in [4.69, 9.17) is 0 Å². The number of aromatic amines is 1. The fourth-order valence-corrected chi connectivity index (χ4v) is 3.53. The van der Waals surface area contributed by atoms with Crippen molar-refractivity contribution in [2.24, 2.45) is 0 Å². The third kappa shape index (κ3) is 1.60. The van der Waals surface area contributed by atoms with Gasteiger partial charge in [-0.1, -0.05) is 0 Å². The Hall–Kier alpha value is -2.77. The van der Waals surface area contributed by atoms with E-state index in [0.717, 1.165) is 35.9 Å². The van der Waals surface area contributed by atoms with Crippen molar-refractivity contribution in [1.29, 1.82) is 0 Å². The second kappa shape index (κ2) is 4.36. The Balaban J connectivity index is 1.45. The van der Waals surface area contributed by atoms with Gasteiger partial charge in [-0.05, 0) is 12.5 Å². The van der Waals surface area contributed by atoms with Crippen molar-refractivity contribution in [3.63, 3.8) is 0 Å². The average Bonchev–Trinajstić information content (AvgIpc) is 3.05. The zero-order valence-electron chi connectivity index (χ0n) is 11.8. The summed E-state index contributed by atoms with van der Waals surface area (Å²) in [6, 6.07) is 2.72. The molecule has 0 saturated carbocycles. The van der Waals surface area contributed by atoms with Crippen molar-refractivity contribution in [1.82, 2.24) is 30.1 Å². The molecular weight excluding hydrogens is 280 g/mol. The lowest BCUT2D eigenvalue weighted by Gasteiger charge is -2.56. The van der Waals surface area contributed by atoms with Gasteiger partial charge < -0.3 is 9.80 Å². The Morgan fingerprint density at radius 2 is 1.86 bits per heavy atom. The maximum Gasteiger partial charge on any atom is 0.225 e. The third-order valence-electron chi connectivity index (χ3n) is 4.50. The van der Waals surface area contributed by atoms with E-state index in [2.05, 4.69) is 39.9 Å². The maximum absolute atomic E-state index is 4.49. The summed E-state index contributed by atoms with van der Waals surface area (Å²) in [7, 11) is 0. The molecule has 2 atom stereocenters. The van der Waals surface area contributed by atoms with Crippen LogP contribution >= 0.6 is 0 Å². The molecule has 6 heterocycles. The quantitative estimate of drug-likeness (QED) is 0.741. The smallest absolute Gasteiger partial charge is 0.225 e. The molecule has 110 valence electrons. The molecule has 3 fully saturated rings. The van der Waals surface area contributed by atoms with E-state index in [1.165, 1.54) is 6.42 Å². The van der Waals surface area contributed by atoms with E-state index in [-0.39, 0.29) is 0 Å². The first-order valence-corrected chi connectivity index (χ1v) is 7.34. The van der Waals surface area contributed by atoms with Crippen LogP contribution in [0.25, 0.3) is 11.0 Å². The number of hydrogen-bond acceptors (Lipinski definition) is 7. The molecule has 2 bridgehead atoms. The van der Waals surface area contributed by atoms with Gasteiger partial charge >= 0.3 is 0 Å². The Morgan fingerprint density at radius 1 is 1.05 bits per heavy atom. The van der Waals surface area contributed by atoms with Crippen LogP contribution in [0.1, 0.15) is 6.42 Å². The summed E-state index contributed by atoms with van der Waals surface area (Å²) in [5, 5.41) is 7.97. The van der Waals surface area contributed by atoms with Crippen LogP contribution in [-0.2, 0) is 0 Å². The lowest BCUT2D eigenvalue weighted by Crippen LogP contribution is -2.69. The van der Waals surface area contributed by atoms with Gasteiger partial charge in [-0.2, -0.15) is 5.10 Å². The number of aromatic nitrogens is 6. The molecule has 3 aliphatic heterocycles. The first-order chi connectivity index (χ1) is 10.9. The topological polar surface area (TPSA) is 86.7 Å². The molecule has 3 saturated heterocycles. The molecule has 2 unspecified atom stereocenters. The summed E-state index contributed by atoms with van der Waals surface area (Å²) < 4.78 is 0. The van der Waals surface area contributed by atoms with Gasteiger partial charge in [-0.15, -0.1) is 0 Å². The summed E-state index contributed by atoms with van der Waals surface area (Å²) in [5.74, 6) is 1.79. The van der Waals surface area contributed by atoms with Gasteiger partial charge in [-0.25, -0.2) is 19.9 Å². The van der Waals surface area contributed by atoms with Crippen LogP contribution in [0.5, 0.6) is 0 Å². The highest BCUT2D eigenvalue weighted by molar-refractivity contribution is 5.87. The molecule has 3 aromatic rings. The number of piperazine rings is 1. The van der Waals surface area contributed by atoms with E-state index in [1.54, 1.807) is 24.9 Å². The number of piperidine rings is 1. The highest BCUT2D eigenvalue weighted by Crippen LogP contribution is 2.38. The molecule has 0 aliphatic carbocycles. The first kappa shape index (κ1) is 11.8. The van der Waals surface area contributed by atoms with Crippen LogP contribution in [-0.4, -0.2) is 55.3 Å². The number of nitrogens with zero attached hydrogens (tertiary/aromatic N) is 7. The second-order valence-corrected chi connectivity index (χ2v) is 5.73. The van der Waals surface area contributed by atoms with Crippen LogP contribution in [0.4, 0.5) is 11.8 Å². The van der Waals surface area contributed by atoms with E-state index in [1.807, 2.05) is 6.07 Å². The van der Waals surface area contributed by atoms with Crippen molar-refractivity contribution in [3.05, 3.63) is 31.0 Å². The van der Waals surface area contributed by atoms with Gasteiger partial charge in [-0.3, -0.25) is 5.10 Å². The normalized spacial score (nSPS) is 23.6. The number of H-pyrrole nitrogens is 1. The van der Waals surface area contributed by atoms with Crippen LogP contribution in [0, 0.1) is 0 Å². The highest BCUT2D eigenvalue weighted by atomic mass is 15.4. The van der Waals surface area contributed by atoms with Crippen LogP contribution < -0.4 is 9.80 Å². The van der Waals surface area contributed by atoms with Gasteiger partial charge in [0.05, 0.1) is 23.7 Å². The molecule has 8 heteroatoms. The summed E-state index contributed by atoms with van der Waals surface area (Å²) in [5.41, 5.74) is 0.790. The predicted octanol–water partition coefficient (Wildman–Crippen LogP) is 0.610. The number of nitrogens with one attached hydrogen (secondary N) is 1. The predicted molar refractivity (Wildman–Crippen MR) is 80.6 cm³/mol. The van der Waals surface area contributed by atoms with Crippen molar-refractivity contribution in [2.45, 2.75) is 18.5 Å². The van der Waals surface area contributed by atoms with Crippen molar-refractivity contribution >= 4 is 22.8 Å². The zero-order chi connectivity index (χ0) is 14.5. The molecule has 3 aromatic heterocycles. The molecule has 0 aromatic carbocycles. The number of hydrogen-bond donors (Lipinski definition) is 1. The van der Waals surface area contributed by atoms with Crippen LogP contribution in [0.3, 0.4) is 0 Å². The largest absolute Gasteiger partial charge is 0.346 e. The number of anilines is 2. The standard InChI is InChI=1S/C14H14N8/c1-2-15-14(16-3-1)21-6-9-4-10(7-21)22(9)13-11-5-19-20-12(11)17-8-18-13/h1-3,5,8-10H,4,6-7H2,(H,17,18,19,20). The number of rotatable bonds is 2. The Bertz CT molecular complexity index is 804. The van der Waals surface area contributed by atoms with Crippen molar-refractivity contribution < 1.29 is 0 Å². The lowest BCUT2D eigenvalue weighted by molar-refractivity contribution is 0.287. The highest BCUT2D eigenvalue weighted by Gasteiger charge is 2.46. The molecule has 22 heavy (non-hydrogen) atoms. The van der Waals surface area contributed by atoms with Gasteiger partial charge in [0.2, 0.25) is 5.95 Å². The minimum Gasteiger partial charge on any atom is -0.346 e. The van der Waals surface area contributed by atoms with Gasteiger partial charge in [0.25, 0.3) is 0 Å². The van der Waals surface area contributed by atoms with Gasteiger partial charge in [0.1, 0.15) is 12.1 Å². The first-order valence-electron chi connectivity index (χ1n) is 7.34. The van der Waals surface area contributed by atoms with E-state index >= 15 is 0 Å². The molecule has 8 nitrogen and oxygen atoms in total. The summed E-state index contributed by atoms with van der Waals surface area (Å²) in [6.45, 7) is 1.84. The molecule has 6 rings (SSSR count). The average molecular weight is 294 g/mol. The second-order valence-electron chi connectivity index (χ2n) is 5.73. The van der Waals surface area contributed by atoms with Gasteiger partial charge in [0.15, 0.2) is 5.65 Å². The third-order valence-corrected chi connectivity index (χ3v) is 4.50. The SMILES string of the molecule is c1cnc(N2CC3CC(C2)N3c2ncnc3[nH]ncc23)nc1. The molecule has 3 aliphatic rings. The molecule has 1 N–H and O–H groups in total. The molecule has 0 radical (unpaired) electrons. The fraction of sp³-hybridized carbons (Fsp3) is 0.357.